The molecule has 1 aliphatic rings. The minimum absolute atomic E-state index is 0.191. The second kappa shape index (κ2) is 7.33. The van der Waals surface area contributed by atoms with E-state index in [1.807, 2.05) is 54.6 Å². The van der Waals surface area contributed by atoms with Gasteiger partial charge >= 0.3 is 0 Å². The van der Waals surface area contributed by atoms with Crippen LogP contribution in [0.3, 0.4) is 0 Å². The van der Waals surface area contributed by atoms with Crippen LogP contribution in [-0.4, -0.2) is 20.4 Å². The Kier molecular flexibility index (Phi) is 4.52. The molecule has 1 saturated carbocycles. The number of anilines is 1. The third kappa shape index (κ3) is 3.61. The maximum atomic E-state index is 12.7. The van der Waals surface area contributed by atoms with E-state index in [1.54, 1.807) is 12.3 Å². The van der Waals surface area contributed by atoms with Crippen molar-refractivity contribution in [3.63, 3.8) is 0 Å². The number of aromatic nitrogens is 3. The van der Waals surface area contributed by atoms with Crippen LogP contribution in [0.4, 0.5) is 5.82 Å². The van der Waals surface area contributed by atoms with Crippen LogP contribution in [0.25, 0.3) is 11.0 Å². The molecule has 5 nitrogen and oxygen atoms in total. The third-order valence-electron chi connectivity index (χ3n) is 5.18. The molecule has 0 unspecified atom stereocenters. The number of amides is 1. The number of benzene rings is 2. The highest BCUT2D eigenvalue weighted by molar-refractivity contribution is 6.31. The van der Waals surface area contributed by atoms with Crippen LogP contribution in [-0.2, 0) is 6.54 Å². The van der Waals surface area contributed by atoms with Gasteiger partial charge in [0.25, 0.3) is 5.91 Å². The highest BCUT2D eigenvalue weighted by atomic mass is 35.5. The number of carbonyl (C=O) groups excluding carboxylic acids is 1. The Labute approximate surface area is 173 Å². The fourth-order valence-electron chi connectivity index (χ4n) is 3.52. The summed E-state index contributed by atoms with van der Waals surface area (Å²) in [6.07, 6.45) is 3.96. The summed E-state index contributed by atoms with van der Waals surface area (Å²) in [7, 11) is 0. The molecule has 4 aromatic rings. The summed E-state index contributed by atoms with van der Waals surface area (Å²) >= 11 is 6.41. The molecule has 1 fully saturated rings. The SMILES string of the molecule is O=C(Nc1ccccn1)c1ccc2nc(C3CC3)n(Cc3ccccc3Cl)c2c1. The van der Waals surface area contributed by atoms with Crippen LogP contribution < -0.4 is 5.32 Å². The number of fused-ring (bicyclic) bond motifs is 1. The second-order valence-electron chi connectivity index (χ2n) is 7.29. The first-order chi connectivity index (χ1) is 14.2. The Morgan fingerprint density at radius 3 is 2.69 bits per heavy atom. The molecule has 0 aliphatic heterocycles. The zero-order valence-electron chi connectivity index (χ0n) is 15.7. The summed E-state index contributed by atoms with van der Waals surface area (Å²) in [5, 5.41) is 3.58. The van der Waals surface area contributed by atoms with Gasteiger partial charge in [-0.15, -0.1) is 0 Å². The molecule has 2 heterocycles. The summed E-state index contributed by atoms with van der Waals surface area (Å²) in [4.78, 5) is 21.8. The lowest BCUT2D eigenvalue weighted by molar-refractivity contribution is 0.102. The minimum Gasteiger partial charge on any atom is -0.323 e. The topological polar surface area (TPSA) is 59.8 Å². The van der Waals surface area contributed by atoms with Gasteiger partial charge in [-0.3, -0.25) is 4.79 Å². The first-order valence-electron chi connectivity index (χ1n) is 9.65. The van der Waals surface area contributed by atoms with E-state index < -0.39 is 0 Å². The highest BCUT2D eigenvalue weighted by Gasteiger charge is 2.30. The van der Waals surface area contributed by atoms with Gasteiger partial charge in [-0.25, -0.2) is 9.97 Å². The van der Waals surface area contributed by atoms with Crippen molar-refractivity contribution in [2.45, 2.75) is 25.3 Å². The Morgan fingerprint density at radius 2 is 1.93 bits per heavy atom. The average molecular weight is 403 g/mol. The van der Waals surface area contributed by atoms with Crippen LogP contribution in [0.5, 0.6) is 0 Å². The number of nitrogens with one attached hydrogen (secondary N) is 1. The monoisotopic (exact) mass is 402 g/mol. The molecule has 0 radical (unpaired) electrons. The van der Waals surface area contributed by atoms with E-state index in [2.05, 4.69) is 14.9 Å². The molecule has 2 aromatic carbocycles. The van der Waals surface area contributed by atoms with Crippen LogP contribution in [0.15, 0.2) is 66.9 Å². The van der Waals surface area contributed by atoms with Gasteiger partial charge in [-0.1, -0.05) is 35.9 Å². The quantitative estimate of drug-likeness (QED) is 0.495. The molecule has 6 heteroatoms. The van der Waals surface area contributed by atoms with E-state index >= 15 is 0 Å². The van der Waals surface area contributed by atoms with Gasteiger partial charge in [0.2, 0.25) is 0 Å². The second-order valence-corrected chi connectivity index (χ2v) is 7.70. The first kappa shape index (κ1) is 17.9. The van der Waals surface area contributed by atoms with E-state index in [0.717, 1.165) is 40.3 Å². The van der Waals surface area contributed by atoms with Crippen LogP contribution in [0, 0.1) is 0 Å². The van der Waals surface area contributed by atoms with Crippen molar-refractivity contribution in [3.05, 3.63) is 88.8 Å². The Balaban J connectivity index is 1.54. The Morgan fingerprint density at radius 1 is 1.10 bits per heavy atom. The molecule has 1 N–H and O–H groups in total. The van der Waals surface area contributed by atoms with Gasteiger partial charge in [0.05, 0.1) is 17.6 Å². The summed E-state index contributed by atoms with van der Waals surface area (Å²) in [5.74, 6) is 1.89. The fourth-order valence-corrected chi connectivity index (χ4v) is 3.72. The standard InChI is InChI=1S/C23H19ClN4O/c24-18-6-2-1-5-17(18)14-28-20-13-16(23(29)27-21-7-3-4-12-25-21)10-11-19(20)26-22(28)15-8-9-15/h1-7,10-13,15H,8-9,14H2,(H,25,27,29). The van der Waals surface area contributed by atoms with Gasteiger partial charge in [-0.2, -0.15) is 0 Å². The van der Waals surface area contributed by atoms with E-state index in [1.165, 1.54) is 0 Å². The normalized spacial score (nSPS) is 13.6. The third-order valence-corrected chi connectivity index (χ3v) is 5.54. The lowest BCUT2D eigenvalue weighted by Crippen LogP contribution is -2.13. The number of pyridine rings is 1. The molecule has 144 valence electrons. The van der Waals surface area contributed by atoms with E-state index in [9.17, 15) is 4.79 Å². The summed E-state index contributed by atoms with van der Waals surface area (Å²) < 4.78 is 2.20. The first-order valence-corrected chi connectivity index (χ1v) is 10.0. The van der Waals surface area contributed by atoms with Gasteiger partial charge < -0.3 is 9.88 Å². The van der Waals surface area contributed by atoms with E-state index in [4.69, 9.17) is 16.6 Å². The number of nitrogens with zero attached hydrogens (tertiary/aromatic N) is 3. The molecule has 0 bridgehead atoms. The van der Waals surface area contributed by atoms with E-state index in [0.29, 0.717) is 23.8 Å². The molecular weight excluding hydrogens is 384 g/mol. The molecule has 5 rings (SSSR count). The number of halogens is 1. The fraction of sp³-hybridized carbons (Fsp3) is 0.174. The maximum Gasteiger partial charge on any atom is 0.256 e. The molecule has 29 heavy (non-hydrogen) atoms. The van der Waals surface area contributed by atoms with Gasteiger partial charge in [-0.05, 0) is 54.8 Å². The summed E-state index contributed by atoms with van der Waals surface area (Å²) in [6, 6.07) is 18.9. The van der Waals surface area contributed by atoms with Gasteiger partial charge in [0.1, 0.15) is 11.6 Å². The number of carbonyl (C=O) groups is 1. The molecule has 1 aliphatic carbocycles. The van der Waals surface area contributed by atoms with Crippen molar-refractivity contribution in [3.8, 4) is 0 Å². The smallest absolute Gasteiger partial charge is 0.256 e. The molecule has 0 atom stereocenters. The molecule has 0 saturated heterocycles. The zero-order chi connectivity index (χ0) is 19.8. The number of imidazole rings is 1. The van der Waals surface area contributed by atoms with Crippen LogP contribution in [0.1, 0.15) is 40.5 Å². The zero-order valence-corrected chi connectivity index (χ0v) is 16.4. The molecule has 0 spiro atoms. The highest BCUT2D eigenvalue weighted by Crippen LogP contribution is 2.41. The van der Waals surface area contributed by atoms with Crippen molar-refractivity contribution in [2.24, 2.45) is 0 Å². The van der Waals surface area contributed by atoms with Gasteiger partial charge in [0.15, 0.2) is 0 Å². The van der Waals surface area contributed by atoms with Gasteiger partial charge in [0, 0.05) is 22.7 Å². The lowest BCUT2D eigenvalue weighted by Gasteiger charge is -2.11. The van der Waals surface area contributed by atoms with Crippen molar-refractivity contribution in [1.82, 2.24) is 14.5 Å². The summed E-state index contributed by atoms with van der Waals surface area (Å²) in [6.45, 7) is 0.632. The predicted octanol–water partition coefficient (Wildman–Crippen LogP) is 5.26. The van der Waals surface area contributed by atoms with Crippen molar-refractivity contribution >= 4 is 34.4 Å². The molecule has 1 amide bonds. The number of hydrogen-bond acceptors (Lipinski definition) is 3. The molecule has 2 aromatic heterocycles. The van der Waals surface area contributed by atoms with Crippen LogP contribution >= 0.6 is 11.6 Å². The average Bonchev–Trinajstić information content (AvgIpc) is 3.52. The maximum absolute atomic E-state index is 12.7. The van der Waals surface area contributed by atoms with E-state index in [-0.39, 0.29) is 5.91 Å². The Bertz CT molecular complexity index is 1200. The molecular formula is C23H19ClN4O. The van der Waals surface area contributed by atoms with Crippen LogP contribution in [0.2, 0.25) is 5.02 Å². The van der Waals surface area contributed by atoms with Crippen molar-refractivity contribution in [1.29, 1.82) is 0 Å². The van der Waals surface area contributed by atoms with Crippen molar-refractivity contribution < 1.29 is 4.79 Å². The number of hydrogen-bond donors (Lipinski definition) is 1. The largest absolute Gasteiger partial charge is 0.323 e. The van der Waals surface area contributed by atoms with Crippen molar-refractivity contribution in [2.75, 3.05) is 5.32 Å². The Hall–Kier alpha value is -3.18. The minimum atomic E-state index is -0.191. The summed E-state index contributed by atoms with van der Waals surface area (Å²) in [5.41, 5.74) is 3.46. The lowest BCUT2D eigenvalue weighted by atomic mass is 10.1. The number of rotatable bonds is 5. The predicted molar refractivity (Wildman–Crippen MR) is 114 cm³/mol.